The predicted octanol–water partition coefficient (Wildman–Crippen LogP) is 2.35. The van der Waals surface area contributed by atoms with Crippen LogP contribution in [0.15, 0.2) is 41.0 Å². The first-order valence-electron chi connectivity index (χ1n) is 5.33. The van der Waals surface area contributed by atoms with E-state index in [1.165, 1.54) is 0 Å². The Kier molecular flexibility index (Phi) is 2.22. The quantitative estimate of drug-likeness (QED) is 0.601. The summed E-state index contributed by atoms with van der Waals surface area (Å²) in [7, 11) is 0. The van der Waals surface area contributed by atoms with E-state index in [0.29, 0.717) is 12.5 Å². The van der Waals surface area contributed by atoms with Crippen LogP contribution in [0.1, 0.15) is 5.76 Å². The van der Waals surface area contributed by atoms with Crippen LogP contribution in [0.2, 0.25) is 0 Å². The number of fused-ring (bicyclic) bond motifs is 1. The number of nitrogen functional groups attached to an aromatic ring is 1. The predicted molar refractivity (Wildman–Crippen MR) is 66.5 cm³/mol. The summed E-state index contributed by atoms with van der Waals surface area (Å²) in [5.74, 6) is 1.58. The fraction of sp³-hybridized carbons (Fsp3) is 0.0833. The first-order valence-corrected chi connectivity index (χ1v) is 5.33. The molecule has 4 N–H and O–H groups in total. The normalized spacial score (nSPS) is 10.8. The molecule has 2 aromatic heterocycles. The molecular weight excluding hydrogens is 216 g/mol. The van der Waals surface area contributed by atoms with Crippen LogP contribution in [0.25, 0.3) is 11.0 Å². The smallest absolute Gasteiger partial charge is 0.201 e. The zero-order valence-electron chi connectivity index (χ0n) is 9.10. The van der Waals surface area contributed by atoms with Crippen molar-refractivity contribution < 1.29 is 4.42 Å². The Hall–Kier alpha value is -2.43. The number of nitrogens with one attached hydrogen (secondary N) is 2. The number of aromatic nitrogens is 2. The van der Waals surface area contributed by atoms with Crippen molar-refractivity contribution in [2.24, 2.45) is 0 Å². The molecule has 3 aromatic rings. The largest absolute Gasteiger partial charge is 0.467 e. The second kappa shape index (κ2) is 3.86. The third-order valence-electron chi connectivity index (χ3n) is 2.52. The van der Waals surface area contributed by atoms with E-state index in [1.807, 2.05) is 30.3 Å². The van der Waals surface area contributed by atoms with E-state index in [9.17, 15) is 0 Å². The number of aromatic amines is 1. The van der Waals surface area contributed by atoms with Gasteiger partial charge in [-0.05, 0) is 30.3 Å². The van der Waals surface area contributed by atoms with Crippen molar-refractivity contribution >= 4 is 22.7 Å². The van der Waals surface area contributed by atoms with E-state index in [4.69, 9.17) is 10.2 Å². The molecule has 0 aliphatic carbocycles. The summed E-state index contributed by atoms with van der Waals surface area (Å²) < 4.78 is 5.22. The Balaban J connectivity index is 1.81. The van der Waals surface area contributed by atoms with Gasteiger partial charge in [0.2, 0.25) is 5.95 Å². The van der Waals surface area contributed by atoms with Gasteiger partial charge in [-0.15, -0.1) is 0 Å². The van der Waals surface area contributed by atoms with Crippen LogP contribution in [0, 0.1) is 0 Å². The van der Waals surface area contributed by atoms with Crippen molar-refractivity contribution in [3.05, 3.63) is 42.4 Å². The third-order valence-corrected chi connectivity index (χ3v) is 2.52. The second-order valence-electron chi connectivity index (χ2n) is 3.79. The summed E-state index contributed by atoms with van der Waals surface area (Å²) >= 11 is 0. The molecule has 1 aromatic carbocycles. The summed E-state index contributed by atoms with van der Waals surface area (Å²) in [4.78, 5) is 7.54. The van der Waals surface area contributed by atoms with E-state index < -0.39 is 0 Å². The molecule has 86 valence electrons. The van der Waals surface area contributed by atoms with Gasteiger partial charge < -0.3 is 20.5 Å². The topological polar surface area (TPSA) is 79.9 Å². The minimum Gasteiger partial charge on any atom is -0.467 e. The molecule has 0 unspecified atom stereocenters. The maximum Gasteiger partial charge on any atom is 0.201 e. The number of anilines is 2. The lowest BCUT2D eigenvalue weighted by Gasteiger charge is -1.98. The van der Waals surface area contributed by atoms with Crippen LogP contribution >= 0.6 is 0 Å². The maximum absolute atomic E-state index is 5.70. The molecule has 0 bridgehead atoms. The number of imidazole rings is 1. The van der Waals surface area contributed by atoms with E-state index >= 15 is 0 Å². The highest BCUT2D eigenvalue weighted by molar-refractivity contribution is 5.80. The average Bonchev–Trinajstić information content (AvgIpc) is 2.94. The molecule has 5 heteroatoms. The number of rotatable bonds is 3. The molecule has 17 heavy (non-hydrogen) atoms. The van der Waals surface area contributed by atoms with Crippen LogP contribution < -0.4 is 11.1 Å². The summed E-state index contributed by atoms with van der Waals surface area (Å²) in [6.45, 7) is 0.600. The molecule has 0 amide bonds. The van der Waals surface area contributed by atoms with Gasteiger partial charge in [0, 0.05) is 5.69 Å². The lowest BCUT2D eigenvalue weighted by atomic mass is 10.3. The van der Waals surface area contributed by atoms with Crippen molar-refractivity contribution in [1.82, 2.24) is 9.97 Å². The van der Waals surface area contributed by atoms with Gasteiger partial charge in [-0.2, -0.15) is 0 Å². The van der Waals surface area contributed by atoms with Crippen LogP contribution in [-0.2, 0) is 6.54 Å². The zero-order valence-corrected chi connectivity index (χ0v) is 9.10. The number of furan rings is 1. The van der Waals surface area contributed by atoms with Gasteiger partial charge in [0.1, 0.15) is 5.76 Å². The van der Waals surface area contributed by atoms with Gasteiger partial charge in [0.05, 0.1) is 23.8 Å². The minimum absolute atomic E-state index is 0.600. The molecule has 0 radical (unpaired) electrons. The standard InChI is InChI=1S/C12H12N4O/c13-8-3-4-10-11(6-8)16-12(15-10)14-7-9-2-1-5-17-9/h1-6H,7,13H2,(H2,14,15,16). The van der Waals surface area contributed by atoms with Crippen molar-refractivity contribution in [3.63, 3.8) is 0 Å². The lowest BCUT2D eigenvalue weighted by Crippen LogP contribution is -1.99. The van der Waals surface area contributed by atoms with Gasteiger partial charge >= 0.3 is 0 Å². The average molecular weight is 228 g/mol. The fourth-order valence-electron chi connectivity index (χ4n) is 1.69. The Morgan fingerprint density at radius 3 is 3.12 bits per heavy atom. The van der Waals surface area contributed by atoms with Gasteiger partial charge in [0.25, 0.3) is 0 Å². The van der Waals surface area contributed by atoms with Crippen LogP contribution in [0.5, 0.6) is 0 Å². The highest BCUT2D eigenvalue weighted by atomic mass is 16.3. The van der Waals surface area contributed by atoms with E-state index in [2.05, 4.69) is 15.3 Å². The number of hydrogen-bond acceptors (Lipinski definition) is 4. The zero-order chi connectivity index (χ0) is 11.7. The molecule has 0 fully saturated rings. The molecule has 0 aliphatic rings. The summed E-state index contributed by atoms with van der Waals surface area (Å²) in [5, 5.41) is 3.15. The first kappa shape index (κ1) is 9.77. The molecule has 0 saturated carbocycles. The molecule has 0 atom stereocenters. The van der Waals surface area contributed by atoms with Crippen molar-refractivity contribution in [2.45, 2.75) is 6.54 Å². The number of benzene rings is 1. The molecule has 0 spiro atoms. The Bertz CT molecular complexity index is 627. The van der Waals surface area contributed by atoms with Crippen LogP contribution in [0.3, 0.4) is 0 Å². The number of nitrogens with zero attached hydrogens (tertiary/aromatic N) is 1. The van der Waals surface area contributed by atoms with Gasteiger partial charge in [-0.3, -0.25) is 0 Å². The van der Waals surface area contributed by atoms with Gasteiger partial charge in [0.15, 0.2) is 0 Å². The van der Waals surface area contributed by atoms with E-state index in [0.717, 1.165) is 22.5 Å². The summed E-state index contributed by atoms with van der Waals surface area (Å²) in [5.41, 5.74) is 8.24. The molecular formula is C12H12N4O. The Morgan fingerprint density at radius 2 is 2.29 bits per heavy atom. The lowest BCUT2D eigenvalue weighted by molar-refractivity contribution is 0.517. The van der Waals surface area contributed by atoms with Gasteiger partial charge in [-0.25, -0.2) is 4.98 Å². The fourth-order valence-corrected chi connectivity index (χ4v) is 1.69. The van der Waals surface area contributed by atoms with E-state index in [-0.39, 0.29) is 0 Å². The SMILES string of the molecule is Nc1ccc2nc(NCc3ccco3)[nH]c2c1. The molecule has 5 nitrogen and oxygen atoms in total. The van der Waals surface area contributed by atoms with Crippen LogP contribution in [0.4, 0.5) is 11.6 Å². The minimum atomic E-state index is 0.600. The third kappa shape index (κ3) is 1.94. The van der Waals surface area contributed by atoms with E-state index in [1.54, 1.807) is 6.26 Å². The maximum atomic E-state index is 5.70. The highest BCUT2D eigenvalue weighted by Crippen LogP contribution is 2.17. The Morgan fingerprint density at radius 1 is 1.35 bits per heavy atom. The van der Waals surface area contributed by atoms with Crippen LogP contribution in [-0.4, -0.2) is 9.97 Å². The van der Waals surface area contributed by atoms with Crippen molar-refractivity contribution in [3.8, 4) is 0 Å². The first-order chi connectivity index (χ1) is 8.31. The summed E-state index contributed by atoms with van der Waals surface area (Å²) in [6.07, 6.45) is 1.65. The Labute approximate surface area is 97.6 Å². The molecule has 2 heterocycles. The number of nitrogens with two attached hydrogens (primary N) is 1. The molecule has 3 rings (SSSR count). The summed E-state index contributed by atoms with van der Waals surface area (Å²) in [6, 6.07) is 9.35. The van der Waals surface area contributed by atoms with Crippen molar-refractivity contribution in [2.75, 3.05) is 11.1 Å². The second-order valence-corrected chi connectivity index (χ2v) is 3.79. The monoisotopic (exact) mass is 228 g/mol. The van der Waals surface area contributed by atoms with Gasteiger partial charge in [-0.1, -0.05) is 0 Å². The number of hydrogen-bond donors (Lipinski definition) is 3. The molecule has 0 saturated heterocycles. The van der Waals surface area contributed by atoms with Crippen molar-refractivity contribution in [1.29, 1.82) is 0 Å². The highest BCUT2D eigenvalue weighted by Gasteiger charge is 2.03. The number of H-pyrrole nitrogens is 1. The molecule has 0 aliphatic heterocycles.